The van der Waals surface area contributed by atoms with Gasteiger partial charge in [-0.3, -0.25) is 4.68 Å². The Kier molecular flexibility index (Phi) is 4.04. The Balaban J connectivity index is 1.96. The van der Waals surface area contributed by atoms with Gasteiger partial charge in [0.1, 0.15) is 0 Å². The number of methoxy groups -OCH3 is 1. The maximum atomic E-state index is 11.3. The molecule has 0 atom stereocenters. The van der Waals surface area contributed by atoms with Crippen LogP contribution in [-0.4, -0.2) is 22.9 Å². The van der Waals surface area contributed by atoms with Crippen LogP contribution in [0, 0.1) is 0 Å². The molecule has 94 valence electrons. The van der Waals surface area contributed by atoms with Crippen molar-refractivity contribution in [3.05, 3.63) is 47.8 Å². The Morgan fingerprint density at radius 1 is 1.39 bits per heavy atom. The quantitative estimate of drug-likeness (QED) is 0.627. The fourth-order valence-electron chi connectivity index (χ4n) is 1.49. The SMILES string of the molecule is COC(=O)c1ccc(CSc2cnn(C)c2)cc1. The monoisotopic (exact) mass is 262 g/mol. The van der Waals surface area contributed by atoms with E-state index in [9.17, 15) is 4.79 Å². The molecule has 18 heavy (non-hydrogen) atoms. The van der Waals surface area contributed by atoms with Crippen molar-refractivity contribution in [3.63, 3.8) is 0 Å². The first-order chi connectivity index (χ1) is 8.69. The number of aryl methyl sites for hydroxylation is 1. The molecular formula is C13H14N2O2S. The average molecular weight is 262 g/mol. The van der Waals surface area contributed by atoms with E-state index in [0.717, 1.165) is 16.2 Å². The minimum atomic E-state index is -0.304. The summed E-state index contributed by atoms with van der Waals surface area (Å²) < 4.78 is 6.43. The third kappa shape index (κ3) is 3.13. The molecule has 0 N–H and O–H groups in total. The highest BCUT2D eigenvalue weighted by Crippen LogP contribution is 2.22. The van der Waals surface area contributed by atoms with Crippen LogP contribution in [0.3, 0.4) is 0 Å². The van der Waals surface area contributed by atoms with E-state index in [1.165, 1.54) is 7.11 Å². The molecule has 0 saturated carbocycles. The summed E-state index contributed by atoms with van der Waals surface area (Å²) in [4.78, 5) is 12.4. The van der Waals surface area contributed by atoms with Crippen LogP contribution in [0.15, 0.2) is 41.6 Å². The van der Waals surface area contributed by atoms with Crippen LogP contribution >= 0.6 is 11.8 Å². The Morgan fingerprint density at radius 2 is 2.11 bits per heavy atom. The second kappa shape index (κ2) is 5.73. The van der Waals surface area contributed by atoms with Gasteiger partial charge in [-0.25, -0.2) is 4.79 Å². The maximum Gasteiger partial charge on any atom is 0.337 e. The van der Waals surface area contributed by atoms with E-state index in [2.05, 4.69) is 9.84 Å². The second-order valence-corrected chi connectivity index (χ2v) is 4.88. The lowest BCUT2D eigenvalue weighted by Gasteiger charge is -2.02. The van der Waals surface area contributed by atoms with Crippen molar-refractivity contribution < 1.29 is 9.53 Å². The lowest BCUT2D eigenvalue weighted by atomic mass is 10.1. The molecule has 0 bridgehead atoms. The molecule has 0 amide bonds. The van der Waals surface area contributed by atoms with Crippen molar-refractivity contribution in [3.8, 4) is 0 Å². The zero-order valence-electron chi connectivity index (χ0n) is 10.3. The first kappa shape index (κ1) is 12.7. The van der Waals surface area contributed by atoms with E-state index in [1.807, 2.05) is 31.6 Å². The molecule has 0 aliphatic carbocycles. The van der Waals surface area contributed by atoms with Crippen molar-refractivity contribution in [2.75, 3.05) is 7.11 Å². The number of aromatic nitrogens is 2. The zero-order valence-corrected chi connectivity index (χ0v) is 11.1. The topological polar surface area (TPSA) is 44.1 Å². The molecule has 4 nitrogen and oxygen atoms in total. The number of nitrogens with zero attached hydrogens (tertiary/aromatic N) is 2. The van der Waals surface area contributed by atoms with Gasteiger partial charge in [0, 0.05) is 23.9 Å². The fourth-order valence-corrected chi connectivity index (χ4v) is 2.37. The van der Waals surface area contributed by atoms with Crippen LogP contribution < -0.4 is 0 Å². The number of benzene rings is 1. The molecule has 0 radical (unpaired) electrons. The summed E-state index contributed by atoms with van der Waals surface area (Å²) >= 11 is 1.71. The van der Waals surface area contributed by atoms with Gasteiger partial charge in [0.05, 0.1) is 18.9 Å². The first-order valence-corrected chi connectivity index (χ1v) is 6.46. The third-order valence-corrected chi connectivity index (χ3v) is 3.48. The minimum Gasteiger partial charge on any atom is -0.465 e. The fraction of sp³-hybridized carbons (Fsp3) is 0.231. The Bertz CT molecular complexity index is 534. The van der Waals surface area contributed by atoms with Crippen LogP contribution in [0.4, 0.5) is 0 Å². The van der Waals surface area contributed by atoms with Gasteiger partial charge in [-0.05, 0) is 17.7 Å². The lowest BCUT2D eigenvalue weighted by molar-refractivity contribution is 0.0600. The highest BCUT2D eigenvalue weighted by molar-refractivity contribution is 7.98. The van der Waals surface area contributed by atoms with Crippen molar-refractivity contribution in [1.82, 2.24) is 9.78 Å². The molecule has 5 heteroatoms. The summed E-state index contributed by atoms with van der Waals surface area (Å²) in [6, 6.07) is 7.45. The van der Waals surface area contributed by atoms with Crippen LogP contribution in [0.2, 0.25) is 0 Å². The standard InChI is InChI=1S/C13H14N2O2S/c1-15-8-12(7-14-15)18-9-10-3-5-11(6-4-10)13(16)17-2/h3-8H,9H2,1-2H3. The van der Waals surface area contributed by atoms with E-state index in [0.29, 0.717) is 5.56 Å². The molecule has 0 aliphatic rings. The van der Waals surface area contributed by atoms with E-state index in [1.54, 1.807) is 28.6 Å². The Morgan fingerprint density at radius 3 is 2.67 bits per heavy atom. The van der Waals surface area contributed by atoms with Gasteiger partial charge >= 0.3 is 5.97 Å². The molecule has 0 aliphatic heterocycles. The Hall–Kier alpha value is -1.75. The van der Waals surface area contributed by atoms with Gasteiger partial charge in [-0.1, -0.05) is 12.1 Å². The molecule has 0 unspecified atom stereocenters. The van der Waals surface area contributed by atoms with Gasteiger partial charge < -0.3 is 4.74 Å². The predicted molar refractivity (Wildman–Crippen MR) is 70.6 cm³/mol. The largest absolute Gasteiger partial charge is 0.465 e. The van der Waals surface area contributed by atoms with Gasteiger partial charge in [0.2, 0.25) is 0 Å². The molecule has 2 aromatic rings. The number of carbonyl (C=O) groups excluding carboxylic acids is 1. The third-order valence-electron chi connectivity index (χ3n) is 2.46. The van der Waals surface area contributed by atoms with E-state index < -0.39 is 0 Å². The maximum absolute atomic E-state index is 11.3. The zero-order chi connectivity index (χ0) is 13.0. The normalized spacial score (nSPS) is 10.3. The van der Waals surface area contributed by atoms with Gasteiger partial charge in [0.25, 0.3) is 0 Å². The summed E-state index contributed by atoms with van der Waals surface area (Å²) in [7, 11) is 3.28. The van der Waals surface area contributed by atoms with Crippen LogP contribution in [-0.2, 0) is 17.5 Å². The van der Waals surface area contributed by atoms with Crippen molar-refractivity contribution in [2.24, 2.45) is 7.05 Å². The molecule has 0 spiro atoms. The number of hydrogen-bond donors (Lipinski definition) is 0. The van der Waals surface area contributed by atoms with Gasteiger partial charge in [-0.2, -0.15) is 5.10 Å². The summed E-state index contributed by atoms with van der Waals surface area (Å²) in [6.07, 6.45) is 3.82. The molecule has 1 aromatic heterocycles. The van der Waals surface area contributed by atoms with Crippen LogP contribution in [0.5, 0.6) is 0 Å². The molecule has 1 aromatic carbocycles. The molecular weight excluding hydrogens is 248 g/mol. The molecule has 2 rings (SSSR count). The number of carbonyl (C=O) groups is 1. The van der Waals surface area contributed by atoms with Crippen LogP contribution in [0.1, 0.15) is 15.9 Å². The Labute approximate surface area is 110 Å². The molecule has 1 heterocycles. The number of hydrogen-bond acceptors (Lipinski definition) is 4. The number of thioether (sulfide) groups is 1. The lowest BCUT2D eigenvalue weighted by Crippen LogP contribution is -2.00. The van der Waals surface area contributed by atoms with E-state index in [-0.39, 0.29) is 5.97 Å². The number of rotatable bonds is 4. The second-order valence-electron chi connectivity index (χ2n) is 3.83. The molecule has 0 fully saturated rings. The van der Waals surface area contributed by atoms with Crippen molar-refractivity contribution in [1.29, 1.82) is 0 Å². The smallest absolute Gasteiger partial charge is 0.337 e. The predicted octanol–water partition coefficient (Wildman–Crippen LogP) is 2.50. The van der Waals surface area contributed by atoms with Crippen LogP contribution in [0.25, 0.3) is 0 Å². The summed E-state index contributed by atoms with van der Waals surface area (Å²) in [5.74, 6) is 0.550. The highest BCUT2D eigenvalue weighted by atomic mass is 32.2. The molecule has 0 saturated heterocycles. The van der Waals surface area contributed by atoms with Crippen molar-refractivity contribution in [2.45, 2.75) is 10.6 Å². The number of esters is 1. The van der Waals surface area contributed by atoms with E-state index in [4.69, 9.17) is 0 Å². The number of ether oxygens (including phenoxy) is 1. The first-order valence-electron chi connectivity index (χ1n) is 5.48. The van der Waals surface area contributed by atoms with Gasteiger partial charge in [0.15, 0.2) is 0 Å². The van der Waals surface area contributed by atoms with Crippen molar-refractivity contribution >= 4 is 17.7 Å². The summed E-state index contributed by atoms with van der Waals surface area (Å²) in [5, 5.41) is 4.11. The minimum absolute atomic E-state index is 0.304. The summed E-state index contributed by atoms with van der Waals surface area (Å²) in [6.45, 7) is 0. The van der Waals surface area contributed by atoms with Gasteiger partial charge in [-0.15, -0.1) is 11.8 Å². The van der Waals surface area contributed by atoms with E-state index >= 15 is 0 Å². The summed E-state index contributed by atoms with van der Waals surface area (Å²) in [5.41, 5.74) is 1.74. The highest BCUT2D eigenvalue weighted by Gasteiger charge is 2.04. The average Bonchev–Trinajstić information content (AvgIpc) is 2.82.